The molecule has 0 N–H and O–H groups in total. The van der Waals surface area contributed by atoms with E-state index in [1.165, 1.54) is 24.3 Å². The van der Waals surface area contributed by atoms with Crippen LogP contribution in [0.5, 0.6) is 0 Å². The van der Waals surface area contributed by atoms with Gasteiger partial charge in [0.2, 0.25) is 0 Å². The Hall–Kier alpha value is -3.90. The standard InChI is InChI=1S/C18H14N2O10/c21-15(11-1-5-13(6-2-11)19(23)24)29-17-18(28-10-9-27-17)30-16(22)12-3-7-14(8-4-12)20(25)26/h1-8,17-18H,9-10H2/t17-,18-/m1/s1. The molecule has 156 valence electrons. The lowest BCUT2D eigenvalue weighted by Crippen LogP contribution is -2.44. The molecule has 1 saturated heterocycles. The Kier molecular flexibility index (Phi) is 6.29. The molecule has 1 aliphatic heterocycles. The van der Waals surface area contributed by atoms with Crippen molar-refractivity contribution in [2.45, 2.75) is 12.6 Å². The minimum absolute atomic E-state index is 0.0234. The van der Waals surface area contributed by atoms with Crippen molar-refractivity contribution in [2.24, 2.45) is 0 Å². The van der Waals surface area contributed by atoms with Crippen LogP contribution in [-0.2, 0) is 18.9 Å². The molecule has 0 unspecified atom stereocenters. The van der Waals surface area contributed by atoms with Gasteiger partial charge in [-0.05, 0) is 24.3 Å². The van der Waals surface area contributed by atoms with Gasteiger partial charge in [-0.15, -0.1) is 0 Å². The number of benzene rings is 2. The summed E-state index contributed by atoms with van der Waals surface area (Å²) in [6.45, 7) is 0.146. The fraction of sp³-hybridized carbons (Fsp3) is 0.222. The van der Waals surface area contributed by atoms with Gasteiger partial charge in [0.1, 0.15) is 0 Å². The summed E-state index contributed by atoms with van der Waals surface area (Å²) in [7, 11) is 0. The summed E-state index contributed by atoms with van der Waals surface area (Å²) >= 11 is 0. The summed E-state index contributed by atoms with van der Waals surface area (Å²) in [5.74, 6) is -1.73. The van der Waals surface area contributed by atoms with Crippen LogP contribution in [0.1, 0.15) is 20.7 Å². The lowest BCUT2D eigenvalue weighted by atomic mass is 10.2. The Morgan fingerprint density at radius 3 is 1.37 bits per heavy atom. The third-order valence-corrected chi connectivity index (χ3v) is 3.94. The average Bonchev–Trinajstić information content (AvgIpc) is 2.75. The summed E-state index contributed by atoms with van der Waals surface area (Å²) in [5, 5.41) is 21.4. The van der Waals surface area contributed by atoms with Crippen LogP contribution in [0, 0.1) is 20.2 Å². The van der Waals surface area contributed by atoms with Gasteiger partial charge in [-0.1, -0.05) is 0 Å². The topological polar surface area (TPSA) is 157 Å². The molecule has 12 heteroatoms. The fourth-order valence-corrected chi connectivity index (χ4v) is 2.45. The van der Waals surface area contributed by atoms with E-state index in [4.69, 9.17) is 18.9 Å². The number of nitro benzene ring substituents is 2. The van der Waals surface area contributed by atoms with E-state index in [0.29, 0.717) is 0 Å². The van der Waals surface area contributed by atoms with Crippen molar-refractivity contribution >= 4 is 23.3 Å². The fourth-order valence-electron chi connectivity index (χ4n) is 2.45. The molecule has 0 amide bonds. The molecule has 2 aromatic carbocycles. The van der Waals surface area contributed by atoms with E-state index in [9.17, 15) is 29.8 Å². The predicted octanol–water partition coefficient (Wildman–Crippen LogP) is 2.22. The molecule has 1 fully saturated rings. The van der Waals surface area contributed by atoms with Gasteiger partial charge in [-0.3, -0.25) is 20.2 Å². The number of esters is 2. The first kappa shape index (κ1) is 20.8. The number of nitrogens with zero attached hydrogens (tertiary/aromatic N) is 2. The SMILES string of the molecule is O=C(O[C@H]1OCCO[C@@H]1OC(=O)c1ccc([N+](=O)[O-])cc1)c1ccc([N+](=O)[O-])cc1. The highest BCUT2D eigenvalue weighted by atomic mass is 16.8. The number of carbonyl (C=O) groups is 2. The van der Waals surface area contributed by atoms with E-state index in [1.54, 1.807) is 0 Å². The summed E-state index contributed by atoms with van der Waals surface area (Å²) in [6.07, 6.45) is -2.74. The van der Waals surface area contributed by atoms with Gasteiger partial charge in [0, 0.05) is 24.3 Å². The third-order valence-electron chi connectivity index (χ3n) is 3.94. The van der Waals surface area contributed by atoms with Gasteiger partial charge in [0.05, 0.1) is 34.2 Å². The van der Waals surface area contributed by atoms with Crippen LogP contribution in [0.2, 0.25) is 0 Å². The second-order valence-corrected chi connectivity index (χ2v) is 5.90. The number of non-ortho nitro benzene ring substituents is 2. The zero-order chi connectivity index (χ0) is 21.7. The third kappa shape index (κ3) is 4.92. The summed E-state index contributed by atoms with van der Waals surface area (Å²) < 4.78 is 20.9. The van der Waals surface area contributed by atoms with Crippen molar-refractivity contribution in [3.8, 4) is 0 Å². The lowest BCUT2D eigenvalue weighted by Gasteiger charge is -2.30. The van der Waals surface area contributed by atoms with E-state index >= 15 is 0 Å². The highest BCUT2D eigenvalue weighted by Crippen LogP contribution is 2.19. The van der Waals surface area contributed by atoms with Crippen LogP contribution in [0.25, 0.3) is 0 Å². The maximum atomic E-state index is 12.3. The Morgan fingerprint density at radius 2 is 1.07 bits per heavy atom. The summed E-state index contributed by atoms with van der Waals surface area (Å²) in [4.78, 5) is 44.7. The molecule has 1 heterocycles. The van der Waals surface area contributed by atoms with Gasteiger partial charge in [-0.2, -0.15) is 0 Å². The molecule has 2 aromatic rings. The maximum Gasteiger partial charge on any atom is 0.340 e. The molecule has 0 aliphatic carbocycles. The Morgan fingerprint density at radius 1 is 0.733 bits per heavy atom. The van der Waals surface area contributed by atoms with Crippen LogP contribution in [0.15, 0.2) is 48.5 Å². The molecule has 30 heavy (non-hydrogen) atoms. The Bertz CT molecular complexity index is 878. The Balaban J connectivity index is 1.65. The number of hydrogen-bond donors (Lipinski definition) is 0. The molecule has 3 rings (SSSR count). The number of carbonyl (C=O) groups excluding carboxylic acids is 2. The number of rotatable bonds is 6. The molecule has 0 bridgehead atoms. The Labute approximate surface area is 168 Å². The minimum atomic E-state index is -1.37. The number of ether oxygens (including phenoxy) is 4. The quantitative estimate of drug-likeness (QED) is 0.387. The molecular weight excluding hydrogens is 404 g/mol. The predicted molar refractivity (Wildman–Crippen MR) is 96.5 cm³/mol. The first-order chi connectivity index (χ1) is 14.3. The maximum absolute atomic E-state index is 12.3. The van der Waals surface area contributed by atoms with Gasteiger partial charge in [0.15, 0.2) is 0 Å². The molecule has 0 spiro atoms. The van der Waals surface area contributed by atoms with Crippen molar-refractivity contribution in [1.29, 1.82) is 0 Å². The van der Waals surface area contributed by atoms with Crippen LogP contribution >= 0.6 is 0 Å². The van der Waals surface area contributed by atoms with Crippen molar-refractivity contribution in [2.75, 3.05) is 13.2 Å². The summed E-state index contributed by atoms with van der Waals surface area (Å²) in [6, 6.07) is 9.40. The highest BCUT2D eigenvalue weighted by Gasteiger charge is 2.34. The molecule has 0 radical (unpaired) electrons. The second-order valence-electron chi connectivity index (χ2n) is 5.90. The minimum Gasteiger partial charge on any atom is -0.425 e. The first-order valence-corrected chi connectivity index (χ1v) is 8.49. The molecule has 0 saturated carbocycles. The monoisotopic (exact) mass is 418 g/mol. The first-order valence-electron chi connectivity index (χ1n) is 8.49. The van der Waals surface area contributed by atoms with Gasteiger partial charge in [0.25, 0.3) is 24.0 Å². The van der Waals surface area contributed by atoms with Gasteiger partial charge in [-0.25, -0.2) is 9.59 Å². The zero-order valence-corrected chi connectivity index (χ0v) is 15.2. The van der Waals surface area contributed by atoms with E-state index in [-0.39, 0.29) is 35.7 Å². The van der Waals surface area contributed by atoms with Crippen molar-refractivity contribution in [3.05, 3.63) is 79.9 Å². The molecule has 12 nitrogen and oxygen atoms in total. The number of nitro groups is 2. The van der Waals surface area contributed by atoms with E-state index < -0.39 is 34.4 Å². The van der Waals surface area contributed by atoms with Crippen LogP contribution in [0.3, 0.4) is 0 Å². The van der Waals surface area contributed by atoms with Crippen LogP contribution in [0.4, 0.5) is 11.4 Å². The summed E-state index contributed by atoms with van der Waals surface area (Å²) in [5.41, 5.74) is -0.345. The zero-order valence-electron chi connectivity index (χ0n) is 15.2. The molecular formula is C18H14N2O10. The van der Waals surface area contributed by atoms with Crippen LogP contribution < -0.4 is 0 Å². The molecule has 2 atom stereocenters. The normalized spacial score (nSPS) is 18.3. The van der Waals surface area contributed by atoms with E-state index in [0.717, 1.165) is 24.3 Å². The van der Waals surface area contributed by atoms with Crippen LogP contribution in [-0.4, -0.2) is 47.6 Å². The lowest BCUT2D eigenvalue weighted by molar-refractivity contribution is -0.385. The average molecular weight is 418 g/mol. The second kappa shape index (κ2) is 9.07. The van der Waals surface area contributed by atoms with Crippen molar-refractivity contribution in [3.63, 3.8) is 0 Å². The molecule has 1 aliphatic rings. The number of hydrogen-bond acceptors (Lipinski definition) is 10. The van der Waals surface area contributed by atoms with E-state index in [1.807, 2.05) is 0 Å². The molecule has 0 aromatic heterocycles. The van der Waals surface area contributed by atoms with Gasteiger partial charge < -0.3 is 18.9 Å². The van der Waals surface area contributed by atoms with Crippen molar-refractivity contribution < 1.29 is 38.4 Å². The highest BCUT2D eigenvalue weighted by molar-refractivity contribution is 5.90. The van der Waals surface area contributed by atoms with Gasteiger partial charge >= 0.3 is 11.9 Å². The van der Waals surface area contributed by atoms with E-state index in [2.05, 4.69) is 0 Å². The largest absolute Gasteiger partial charge is 0.425 e. The van der Waals surface area contributed by atoms with Crippen molar-refractivity contribution in [1.82, 2.24) is 0 Å². The smallest absolute Gasteiger partial charge is 0.340 e.